The van der Waals surface area contributed by atoms with Crippen LogP contribution in [0.15, 0.2) is 58.8 Å². The number of aliphatic hydroxyl groups is 1. The van der Waals surface area contributed by atoms with Crippen LogP contribution in [0.5, 0.6) is 0 Å². The van der Waals surface area contributed by atoms with Crippen molar-refractivity contribution in [3.05, 3.63) is 70.8 Å². The number of hydrogen-bond acceptors (Lipinski definition) is 8. The number of carbonyl (C=O) groups excluding carboxylic acids is 2. The van der Waals surface area contributed by atoms with Gasteiger partial charge in [-0.3, -0.25) is 9.59 Å². The molecule has 0 saturated heterocycles. The van der Waals surface area contributed by atoms with Gasteiger partial charge in [0.2, 0.25) is 0 Å². The number of aliphatic hydroxyl groups excluding tert-OH is 1. The second-order valence-corrected chi connectivity index (χ2v) is 7.76. The second-order valence-electron chi connectivity index (χ2n) is 7.43. The molecule has 0 fully saturated rings. The zero-order chi connectivity index (χ0) is 26.4. The molecule has 10 nitrogen and oxygen atoms in total. The maximum Gasteiger partial charge on any atom is 0.276 e. The Bertz CT molecular complexity index is 1040. The fourth-order valence-corrected chi connectivity index (χ4v) is 3.05. The molecule has 0 aliphatic carbocycles. The summed E-state index contributed by atoms with van der Waals surface area (Å²) in [6.45, 7) is 0.226. The first-order valence-corrected chi connectivity index (χ1v) is 10.9. The number of rotatable bonds is 9. The highest BCUT2D eigenvalue weighted by Gasteiger charge is 2.20. The van der Waals surface area contributed by atoms with Gasteiger partial charge in [0.25, 0.3) is 11.8 Å². The van der Waals surface area contributed by atoms with Gasteiger partial charge < -0.3 is 29.1 Å². The summed E-state index contributed by atoms with van der Waals surface area (Å²) in [5.74, 6) is -0.485. The van der Waals surface area contributed by atoms with Crippen LogP contribution in [0.25, 0.3) is 0 Å². The van der Waals surface area contributed by atoms with E-state index < -0.39 is 0 Å². The Balaban J connectivity index is 0.000000351. The Hall–Kier alpha value is -3.33. The first-order valence-electron chi connectivity index (χ1n) is 10.5. The van der Waals surface area contributed by atoms with Gasteiger partial charge in [-0.2, -0.15) is 0 Å². The number of hydrogen-bond donors (Lipinski definition) is 1. The molecule has 0 radical (unpaired) electrons. The molecule has 0 aliphatic heterocycles. The molecule has 0 aromatic heterocycles. The van der Waals surface area contributed by atoms with E-state index in [1.54, 1.807) is 52.5 Å². The Morgan fingerprint density at radius 3 is 1.57 bits per heavy atom. The minimum Gasteiger partial charge on any atom is -0.398 e. The van der Waals surface area contributed by atoms with Crippen molar-refractivity contribution in [3.8, 4) is 0 Å². The summed E-state index contributed by atoms with van der Waals surface area (Å²) in [7, 11) is 11.6. The molecule has 2 amide bonds. The van der Waals surface area contributed by atoms with Gasteiger partial charge in [0, 0.05) is 48.8 Å². The van der Waals surface area contributed by atoms with Crippen LogP contribution in [0.4, 0.5) is 0 Å². The first kappa shape index (κ1) is 29.7. The second kappa shape index (κ2) is 15.5. The quantitative estimate of drug-likeness (QED) is 0.318. The van der Waals surface area contributed by atoms with E-state index in [0.29, 0.717) is 23.3 Å². The standard InChI is InChI=1S/C12H17N2O3P.C12H16N2O3/c1-14(2)12(15)11(13-16-3)10-7-5-4-6-9(10)8-17-18;1-14(2)12(16)11(13-17-3)10-7-5-4-6-9(10)8-15/h4-7H,8,18H2,1-3H3;4-7,15H,8H2,1-3H3/b;13-11-. The molecule has 190 valence electrons. The van der Waals surface area contributed by atoms with E-state index in [9.17, 15) is 14.7 Å². The molecule has 1 N–H and O–H groups in total. The fourth-order valence-electron chi connectivity index (χ4n) is 2.87. The molecule has 2 aromatic carbocycles. The minimum absolute atomic E-state index is 0.153. The van der Waals surface area contributed by atoms with E-state index in [1.807, 2.05) is 24.3 Å². The Morgan fingerprint density at radius 2 is 1.20 bits per heavy atom. The lowest BCUT2D eigenvalue weighted by Gasteiger charge is -2.14. The average molecular weight is 505 g/mol. The summed E-state index contributed by atoms with van der Waals surface area (Å²) in [4.78, 5) is 36.3. The normalized spacial score (nSPS) is 11.2. The highest BCUT2D eigenvalue weighted by Crippen LogP contribution is 2.14. The van der Waals surface area contributed by atoms with Gasteiger partial charge in [-0.1, -0.05) is 58.8 Å². The SMILES string of the molecule is CO/N=C(\C(=O)N(C)C)c1ccccc1CO.CON=C(C(=O)N(C)C)c1ccccc1COP. The molecular weight excluding hydrogens is 471 g/mol. The number of nitrogens with zero attached hydrogens (tertiary/aromatic N) is 4. The molecule has 1 unspecified atom stereocenters. The summed E-state index contributed by atoms with van der Waals surface area (Å²) >= 11 is 0. The van der Waals surface area contributed by atoms with Crippen LogP contribution in [-0.4, -0.2) is 80.6 Å². The molecule has 0 heterocycles. The summed E-state index contributed by atoms with van der Waals surface area (Å²) in [6.07, 6.45) is 0. The molecule has 0 saturated carbocycles. The lowest BCUT2D eigenvalue weighted by Crippen LogP contribution is -2.31. The summed E-state index contributed by atoms with van der Waals surface area (Å²) < 4.78 is 5.03. The molecule has 2 rings (SSSR count). The van der Waals surface area contributed by atoms with E-state index in [0.717, 1.165) is 5.56 Å². The Kier molecular flexibility index (Phi) is 13.2. The number of carbonyl (C=O) groups is 2. The summed E-state index contributed by atoms with van der Waals surface area (Å²) in [5.41, 5.74) is 3.25. The number of amides is 2. The van der Waals surface area contributed by atoms with Gasteiger partial charge in [0.15, 0.2) is 11.4 Å². The Morgan fingerprint density at radius 1 is 0.800 bits per heavy atom. The van der Waals surface area contributed by atoms with Gasteiger partial charge in [-0.05, 0) is 11.1 Å². The molecule has 11 heteroatoms. The number of likely N-dealkylation sites (N-methyl/N-ethyl adjacent to an activating group) is 2. The van der Waals surface area contributed by atoms with E-state index in [2.05, 4.69) is 24.6 Å². The predicted molar refractivity (Wildman–Crippen MR) is 138 cm³/mol. The van der Waals surface area contributed by atoms with E-state index >= 15 is 0 Å². The smallest absolute Gasteiger partial charge is 0.276 e. The molecule has 0 bridgehead atoms. The van der Waals surface area contributed by atoms with Gasteiger partial charge in [0.1, 0.15) is 14.2 Å². The van der Waals surface area contributed by atoms with Crippen molar-refractivity contribution in [2.45, 2.75) is 13.2 Å². The van der Waals surface area contributed by atoms with Crippen molar-refractivity contribution in [3.63, 3.8) is 0 Å². The third kappa shape index (κ3) is 8.75. The maximum absolute atomic E-state index is 12.1. The topological polar surface area (TPSA) is 113 Å². The molecular formula is C24H33N4O6P. The lowest BCUT2D eigenvalue weighted by atomic mass is 10.0. The first-order chi connectivity index (χ1) is 16.7. The van der Waals surface area contributed by atoms with Gasteiger partial charge >= 0.3 is 0 Å². The van der Waals surface area contributed by atoms with E-state index in [-0.39, 0.29) is 29.8 Å². The molecule has 0 spiro atoms. The number of benzene rings is 2. The molecule has 2 aromatic rings. The van der Waals surface area contributed by atoms with Crippen molar-refractivity contribution in [1.29, 1.82) is 0 Å². The van der Waals surface area contributed by atoms with Crippen LogP contribution >= 0.6 is 9.47 Å². The highest BCUT2D eigenvalue weighted by molar-refractivity contribution is 7.09. The third-order valence-electron chi connectivity index (χ3n) is 4.54. The molecule has 0 aliphatic rings. The van der Waals surface area contributed by atoms with Crippen LogP contribution in [0.1, 0.15) is 22.3 Å². The van der Waals surface area contributed by atoms with Crippen LogP contribution < -0.4 is 0 Å². The van der Waals surface area contributed by atoms with Crippen LogP contribution in [-0.2, 0) is 37.0 Å². The summed E-state index contributed by atoms with van der Waals surface area (Å²) in [5, 5.41) is 16.8. The monoisotopic (exact) mass is 504 g/mol. The van der Waals surface area contributed by atoms with E-state index in [1.165, 1.54) is 24.0 Å². The van der Waals surface area contributed by atoms with E-state index in [4.69, 9.17) is 9.36 Å². The predicted octanol–water partition coefficient (Wildman–Crippen LogP) is 2.05. The average Bonchev–Trinajstić information content (AvgIpc) is 2.86. The third-order valence-corrected chi connectivity index (χ3v) is 4.70. The van der Waals surface area contributed by atoms with Gasteiger partial charge in [-0.25, -0.2) is 0 Å². The van der Waals surface area contributed by atoms with Crippen molar-refractivity contribution in [2.24, 2.45) is 10.3 Å². The fraction of sp³-hybridized carbons (Fsp3) is 0.333. The summed E-state index contributed by atoms with van der Waals surface area (Å²) in [6, 6.07) is 14.5. The molecule has 35 heavy (non-hydrogen) atoms. The van der Waals surface area contributed by atoms with Gasteiger partial charge in [0.05, 0.1) is 13.2 Å². The van der Waals surface area contributed by atoms with Crippen LogP contribution in [0, 0.1) is 0 Å². The highest BCUT2D eigenvalue weighted by atomic mass is 31.0. The van der Waals surface area contributed by atoms with Crippen molar-refractivity contribution in [2.75, 3.05) is 42.4 Å². The lowest BCUT2D eigenvalue weighted by molar-refractivity contribution is -0.122. The zero-order valence-electron chi connectivity index (χ0n) is 20.9. The largest absolute Gasteiger partial charge is 0.398 e. The minimum atomic E-state index is -0.271. The van der Waals surface area contributed by atoms with Crippen molar-refractivity contribution >= 4 is 32.7 Å². The van der Waals surface area contributed by atoms with Crippen molar-refractivity contribution < 1.29 is 28.9 Å². The number of oxime groups is 2. The van der Waals surface area contributed by atoms with Crippen molar-refractivity contribution in [1.82, 2.24) is 9.80 Å². The zero-order valence-corrected chi connectivity index (χ0v) is 22.0. The van der Waals surface area contributed by atoms with Crippen LogP contribution in [0.3, 0.4) is 0 Å². The maximum atomic E-state index is 12.1. The van der Waals surface area contributed by atoms with Gasteiger partial charge in [-0.15, -0.1) is 0 Å². The van der Waals surface area contributed by atoms with Crippen LogP contribution in [0.2, 0.25) is 0 Å². The molecule has 1 atom stereocenters. The Labute approximate surface area is 208 Å².